The molecule has 1 aliphatic heterocycles. The monoisotopic (exact) mass is 304 g/mol. The van der Waals surface area contributed by atoms with Crippen LogP contribution in [0.25, 0.3) is 0 Å². The molecule has 3 rings (SSSR count). The molecule has 1 fully saturated rings. The average molecular weight is 304 g/mol. The van der Waals surface area contributed by atoms with Crippen molar-refractivity contribution >= 4 is 0 Å². The fraction of sp³-hybridized carbons (Fsp3) is 0.562. The van der Waals surface area contributed by atoms with Crippen LogP contribution in [-0.4, -0.2) is 59.2 Å². The molecule has 0 radical (unpaired) electrons. The van der Waals surface area contributed by atoms with Crippen molar-refractivity contribution in [1.82, 2.24) is 19.4 Å². The van der Waals surface area contributed by atoms with E-state index in [2.05, 4.69) is 19.4 Å². The number of hydrogen-bond acceptors (Lipinski definition) is 5. The van der Waals surface area contributed by atoms with E-state index in [0.717, 1.165) is 58.2 Å². The van der Waals surface area contributed by atoms with Crippen molar-refractivity contribution < 1.29 is 9.15 Å². The van der Waals surface area contributed by atoms with E-state index in [1.165, 1.54) is 5.69 Å². The highest BCUT2D eigenvalue weighted by atomic mass is 16.5. The lowest BCUT2D eigenvalue weighted by atomic mass is 10.2. The fourth-order valence-corrected chi connectivity index (χ4v) is 2.83. The standard InChI is InChI=1S/C16H24N4O2/c1-21-10-8-20-14-17-11-15(20)12-18-4-6-19(7-5-18)13-16-3-2-9-22-16/h2-3,9,11,14H,4-8,10,12-13H2,1H3. The van der Waals surface area contributed by atoms with Crippen LogP contribution in [0.4, 0.5) is 0 Å². The lowest BCUT2D eigenvalue weighted by Gasteiger charge is -2.34. The number of rotatable bonds is 7. The summed E-state index contributed by atoms with van der Waals surface area (Å²) in [5.41, 5.74) is 1.26. The molecule has 0 saturated carbocycles. The molecule has 2 aromatic rings. The third kappa shape index (κ3) is 3.97. The normalized spacial score (nSPS) is 17.1. The minimum absolute atomic E-state index is 0.723. The topological polar surface area (TPSA) is 46.7 Å². The van der Waals surface area contributed by atoms with Gasteiger partial charge in [0.1, 0.15) is 5.76 Å². The summed E-state index contributed by atoms with van der Waals surface area (Å²) in [7, 11) is 1.73. The Labute approximate surface area is 131 Å². The van der Waals surface area contributed by atoms with E-state index in [1.807, 2.05) is 24.7 Å². The molecular formula is C16H24N4O2. The number of piperazine rings is 1. The maximum atomic E-state index is 5.42. The van der Waals surface area contributed by atoms with Crippen molar-refractivity contribution in [3.63, 3.8) is 0 Å². The molecule has 2 aromatic heterocycles. The first kappa shape index (κ1) is 15.3. The molecule has 0 atom stereocenters. The van der Waals surface area contributed by atoms with Gasteiger partial charge in [-0.05, 0) is 12.1 Å². The van der Waals surface area contributed by atoms with Crippen molar-refractivity contribution in [2.75, 3.05) is 39.9 Å². The van der Waals surface area contributed by atoms with Crippen LogP contribution in [0.5, 0.6) is 0 Å². The molecule has 1 aliphatic rings. The van der Waals surface area contributed by atoms with Gasteiger partial charge in [0.15, 0.2) is 0 Å². The minimum atomic E-state index is 0.723. The molecule has 6 nitrogen and oxygen atoms in total. The summed E-state index contributed by atoms with van der Waals surface area (Å²) >= 11 is 0. The summed E-state index contributed by atoms with van der Waals surface area (Å²) in [6, 6.07) is 3.99. The van der Waals surface area contributed by atoms with E-state index in [-0.39, 0.29) is 0 Å². The van der Waals surface area contributed by atoms with E-state index in [1.54, 1.807) is 13.4 Å². The van der Waals surface area contributed by atoms with E-state index < -0.39 is 0 Å². The lowest BCUT2D eigenvalue weighted by molar-refractivity contribution is 0.113. The zero-order chi connectivity index (χ0) is 15.2. The summed E-state index contributed by atoms with van der Waals surface area (Å²) in [6.07, 6.45) is 5.60. The maximum absolute atomic E-state index is 5.42. The first-order chi connectivity index (χ1) is 10.8. The Morgan fingerprint density at radius 2 is 1.95 bits per heavy atom. The number of furan rings is 1. The third-order valence-electron chi connectivity index (χ3n) is 4.14. The highest BCUT2D eigenvalue weighted by Crippen LogP contribution is 2.11. The quantitative estimate of drug-likeness (QED) is 0.774. The second-order valence-corrected chi connectivity index (χ2v) is 5.70. The van der Waals surface area contributed by atoms with Crippen molar-refractivity contribution in [1.29, 1.82) is 0 Å². The largest absolute Gasteiger partial charge is 0.468 e. The van der Waals surface area contributed by atoms with Gasteiger partial charge in [0.2, 0.25) is 0 Å². The fourth-order valence-electron chi connectivity index (χ4n) is 2.83. The van der Waals surface area contributed by atoms with Gasteiger partial charge in [-0.1, -0.05) is 0 Å². The molecule has 0 N–H and O–H groups in total. The minimum Gasteiger partial charge on any atom is -0.468 e. The van der Waals surface area contributed by atoms with Crippen LogP contribution in [0.2, 0.25) is 0 Å². The van der Waals surface area contributed by atoms with Crippen molar-refractivity contribution in [3.8, 4) is 0 Å². The van der Waals surface area contributed by atoms with Crippen molar-refractivity contribution in [3.05, 3.63) is 42.4 Å². The Bertz CT molecular complexity index is 544. The number of ether oxygens (including phenoxy) is 1. The molecule has 0 bridgehead atoms. The Hall–Kier alpha value is -1.63. The summed E-state index contributed by atoms with van der Waals surface area (Å²) in [5, 5.41) is 0. The summed E-state index contributed by atoms with van der Waals surface area (Å²) in [4.78, 5) is 9.19. The maximum Gasteiger partial charge on any atom is 0.117 e. The van der Waals surface area contributed by atoms with Gasteiger partial charge in [-0.3, -0.25) is 9.80 Å². The second kappa shape index (κ2) is 7.58. The highest BCUT2D eigenvalue weighted by molar-refractivity contribution is 5.00. The molecule has 3 heterocycles. The van der Waals surface area contributed by atoms with Crippen LogP contribution in [0, 0.1) is 0 Å². The summed E-state index contributed by atoms with van der Waals surface area (Å²) in [6.45, 7) is 7.77. The van der Waals surface area contributed by atoms with Gasteiger partial charge in [-0.2, -0.15) is 0 Å². The predicted molar refractivity (Wildman–Crippen MR) is 83.4 cm³/mol. The van der Waals surface area contributed by atoms with Gasteiger partial charge >= 0.3 is 0 Å². The molecule has 0 aromatic carbocycles. The van der Waals surface area contributed by atoms with Gasteiger partial charge in [-0.25, -0.2) is 4.98 Å². The molecule has 0 aliphatic carbocycles. The van der Waals surface area contributed by atoms with Crippen LogP contribution in [0.1, 0.15) is 11.5 Å². The number of methoxy groups -OCH3 is 1. The lowest BCUT2D eigenvalue weighted by Crippen LogP contribution is -2.45. The second-order valence-electron chi connectivity index (χ2n) is 5.70. The molecule has 120 valence electrons. The summed E-state index contributed by atoms with van der Waals surface area (Å²) < 4.78 is 12.7. The smallest absolute Gasteiger partial charge is 0.117 e. The molecule has 0 amide bonds. The van der Waals surface area contributed by atoms with E-state index in [4.69, 9.17) is 9.15 Å². The number of hydrogen-bond donors (Lipinski definition) is 0. The van der Waals surface area contributed by atoms with Gasteiger partial charge in [0.05, 0.1) is 31.4 Å². The number of nitrogens with zero attached hydrogens (tertiary/aromatic N) is 4. The van der Waals surface area contributed by atoms with E-state index >= 15 is 0 Å². The number of aromatic nitrogens is 2. The first-order valence-corrected chi connectivity index (χ1v) is 7.80. The van der Waals surface area contributed by atoms with Gasteiger partial charge in [0.25, 0.3) is 0 Å². The molecular weight excluding hydrogens is 280 g/mol. The SMILES string of the molecule is COCCn1cncc1CN1CCN(Cc2ccco2)CC1. The van der Waals surface area contributed by atoms with Crippen LogP contribution in [0.15, 0.2) is 35.3 Å². The van der Waals surface area contributed by atoms with Crippen molar-refractivity contribution in [2.45, 2.75) is 19.6 Å². The molecule has 1 saturated heterocycles. The predicted octanol–water partition coefficient (Wildman–Crippen LogP) is 1.44. The molecule has 0 spiro atoms. The van der Waals surface area contributed by atoms with Gasteiger partial charge < -0.3 is 13.7 Å². The van der Waals surface area contributed by atoms with Gasteiger partial charge in [-0.15, -0.1) is 0 Å². The van der Waals surface area contributed by atoms with E-state index in [9.17, 15) is 0 Å². The third-order valence-corrected chi connectivity index (χ3v) is 4.14. The first-order valence-electron chi connectivity index (χ1n) is 7.80. The van der Waals surface area contributed by atoms with Crippen LogP contribution in [0.3, 0.4) is 0 Å². The Kier molecular flexibility index (Phi) is 5.26. The molecule has 22 heavy (non-hydrogen) atoms. The van der Waals surface area contributed by atoms with Crippen LogP contribution < -0.4 is 0 Å². The van der Waals surface area contributed by atoms with Crippen LogP contribution >= 0.6 is 0 Å². The number of imidazole rings is 1. The molecule has 6 heteroatoms. The van der Waals surface area contributed by atoms with Gasteiger partial charge in [0, 0.05) is 52.6 Å². The Morgan fingerprint density at radius 3 is 2.64 bits per heavy atom. The van der Waals surface area contributed by atoms with E-state index in [0.29, 0.717) is 0 Å². The zero-order valence-corrected chi connectivity index (χ0v) is 13.1. The average Bonchev–Trinajstić information content (AvgIpc) is 3.19. The zero-order valence-electron chi connectivity index (χ0n) is 13.1. The Balaban J connectivity index is 1.46. The summed E-state index contributed by atoms with van der Waals surface area (Å²) in [5.74, 6) is 1.05. The highest BCUT2D eigenvalue weighted by Gasteiger charge is 2.18. The molecule has 0 unspecified atom stereocenters. The van der Waals surface area contributed by atoms with Crippen LogP contribution in [-0.2, 0) is 24.4 Å². The van der Waals surface area contributed by atoms with Crippen molar-refractivity contribution in [2.24, 2.45) is 0 Å². The Morgan fingerprint density at radius 1 is 1.18 bits per heavy atom.